The van der Waals surface area contributed by atoms with Crippen molar-refractivity contribution in [3.8, 4) is 0 Å². The molecule has 0 aromatic heterocycles. The smallest absolute Gasteiger partial charge is 0.195 e. The highest BCUT2D eigenvalue weighted by Crippen LogP contribution is 2.49. The first-order valence-electron chi connectivity index (χ1n) is 7.68. The number of nitrogens with one attached hydrogen (secondary N) is 1. The Labute approximate surface area is 120 Å². The van der Waals surface area contributed by atoms with E-state index in [1.165, 1.54) is 11.1 Å². The van der Waals surface area contributed by atoms with Crippen LogP contribution in [-0.2, 0) is 15.3 Å². The molecule has 4 heteroatoms. The molecule has 1 aromatic carbocycles. The normalized spacial score (nSPS) is 28.9. The number of fused-ring (bicyclic) bond motifs is 2. The first-order chi connectivity index (χ1) is 9.87. The first-order valence-corrected chi connectivity index (χ1v) is 7.68. The number of ether oxygens (including phenoxy) is 2. The summed E-state index contributed by atoms with van der Waals surface area (Å²) in [4.78, 5) is 2.56. The molecule has 2 aliphatic heterocycles. The molecule has 4 rings (SSSR count). The van der Waals surface area contributed by atoms with Crippen LogP contribution in [-0.4, -0.2) is 50.8 Å². The fourth-order valence-electron chi connectivity index (χ4n) is 3.84. The summed E-state index contributed by atoms with van der Waals surface area (Å²) in [5.74, 6) is 0.0809. The molecular weight excluding hydrogens is 252 g/mol. The monoisotopic (exact) mass is 274 g/mol. The van der Waals surface area contributed by atoms with E-state index < -0.39 is 5.79 Å². The van der Waals surface area contributed by atoms with Crippen LogP contribution in [0, 0.1) is 0 Å². The van der Waals surface area contributed by atoms with E-state index in [1.807, 2.05) is 0 Å². The van der Waals surface area contributed by atoms with Crippen molar-refractivity contribution in [2.24, 2.45) is 0 Å². The number of nitrogens with zero attached hydrogens (tertiary/aromatic N) is 1. The molecule has 1 aromatic rings. The van der Waals surface area contributed by atoms with Gasteiger partial charge in [0.1, 0.15) is 0 Å². The summed E-state index contributed by atoms with van der Waals surface area (Å²) in [5, 5.41) is 3.42. The third-order valence-electron chi connectivity index (χ3n) is 4.77. The quantitative estimate of drug-likeness (QED) is 0.881. The minimum absolute atomic E-state index is 0.449. The summed E-state index contributed by atoms with van der Waals surface area (Å²) in [6.45, 7) is 7.05. The molecule has 0 radical (unpaired) electrons. The van der Waals surface area contributed by atoms with Crippen molar-refractivity contribution in [3.05, 3.63) is 35.4 Å². The van der Waals surface area contributed by atoms with Gasteiger partial charge in [-0.25, -0.2) is 0 Å². The van der Waals surface area contributed by atoms with Gasteiger partial charge in [-0.3, -0.25) is 0 Å². The lowest BCUT2D eigenvalue weighted by atomic mass is 10.0. The van der Waals surface area contributed by atoms with Crippen molar-refractivity contribution in [3.63, 3.8) is 0 Å². The van der Waals surface area contributed by atoms with E-state index in [9.17, 15) is 0 Å². The molecule has 108 valence electrons. The zero-order valence-corrected chi connectivity index (χ0v) is 11.8. The molecule has 2 fully saturated rings. The van der Waals surface area contributed by atoms with Gasteiger partial charge in [0.05, 0.1) is 13.2 Å². The maximum atomic E-state index is 5.99. The van der Waals surface area contributed by atoms with Gasteiger partial charge in [0, 0.05) is 50.6 Å². The van der Waals surface area contributed by atoms with Gasteiger partial charge in [0.15, 0.2) is 5.79 Å². The predicted molar refractivity (Wildman–Crippen MR) is 76.7 cm³/mol. The van der Waals surface area contributed by atoms with E-state index in [-0.39, 0.29) is 0 Å². The molecule has 20 heavy (non-hydrogen) atoms. The second-order valence-electron chi connectivity index (χ2n) is 5.99. The Kier molecular flexibility index (Phi) is 3.27. The van der Waals surface area contributed by atoms with E-state index in [0.29, 0.717) is 19.1 Å². The Bertz CT molecular complexity index is 479. The highest BCUT2D eigenvalue weighted by atomic mass is 16.7. The zero-order chi connectivity index (χ0) is 13.4. The van der Waals surface area contributed by atoms with Crippen molar-refractivity contribution >= 4 is 0 Å². The molecule has 2 heterocycles. The van der Waals surface area contributed by atoms with Crippen molar-refractivity contribution in [2.75, 3.05) is 45.9 Å². The lowest BCUT2D eigenvalue weighted by Gasteiger charge is -2.30. The van der Waals surface area contributed by atoms with E-state index in [0.717, 1.165) is 39.1 Å². The Morgan fingerprint density at radius 2 is 1.90 bits per heavy atom. The summed E-state index contributed by atoms with van der Waals surface area (Å²) in [5.41, 5.74) is 2.69. The van der Waals surface area contributed by atoms with Gasteiger partial charge in [-0.2, -0.15) is 0 Å². The summed E-state index contributed by atoms with van der Waals surface area (Å²) >= 11 is 0. The Balaban J connectivity index is 1.59. The topological polar surface area (TPSA) is 33.7 Å². The van der Waals surface area contributed by atoms with Gasteiger partial charge >= 0.3 is 0 Å². The molecule has 1 aliphatic carbocycles. The minimum Gasteiger partial charge on any atom is -0.343 e. The third kappa shape index (κ3) is 2.07. The average Bonchev–Trinajstić information content (AvgIpc) is 3.08. The maximum absolute atomic E-state index is 5.99. The summed E-state index contributed by atoms with van der Waals surface area (Å²) in [7, 11) is 0. The van der Waals surface area contributed by atoms with Crippen molar-refractivity contribution < 1.29 is 9.47 Å². The van der Waals surface area contributed by atoms with Crippen molar-refractivity contribution in [1.82, 2.24) is 10.2 Å². The van der Waals surface area contributed by atoms with Gasteiger partial charge in [-0.1, -0.05) is 24.3 Å². The third-order valence-corrected chi connectivity index (χ3v) is 4.77. The molecule has 0 bridgehead atoms. The molecule has 1 spiro atoms. The molecule has 0 unspecified atom stereocenters. The van der Waals surface area contributed by atoms with Crippen molar-refractivity contribution in [1.29, 1.82) is 0 Å². The second-order valence-corrected chi connectivity index (χ2v) is 5.99. The standard InChI is InChI=1S/C16H22N2O2/c1-2-4-15-14(3-1)13(11-16(15)19-9-10-20-16)12-18-7-5-17-6-8-18/h1-4,13,17H,5-12H2/t13-/m1/s1. The Hall–Kier alpha value is -0.940. The van der Waals surface area contributed by atoms with Crippen LogP contribution in [0.15, 0.2) is 24.3 Å². The summed E-state index contributed by atoms with van der Waals surface area (Å²) < 4.78 is 12.0. The van der Waals surface area contributed by atoms with Crippen LogP contribution in [0.25, 0.3) is 0 Å². The molecule has 1 atom stereocenters. The average molecular weight is 274 g/mol. The highest BCUT2D eigenvalue weighted by molar-refractivity contribution is 5.40. The molecule has 0 saturated carbocycles. The highest BCUT2D eigenvalue weighted by Gasteiger charge is 2.48. The van der Waals surface area contributed by atoms with Gasteiger partial charge in [-0.05, 0) is 5.56 Å². The largest absolute Gasteiger partial charge is 0.343 e. The van der Waals surface area contributed by atoms with Crippen LogP contribution in [0.2, 0.25) is 0 Å². The molecule has 2 saturated heterocycles. The molecule has 4 nitrogen and oxygen atoms in total. The number of hydrogen-bond acceptors (Lipinski definition) is 4. The number of hydrogen-bond donors (Lipinski definition) is 1. The van der Waals surface area contributed by atoms with Crippen LogP contribution in [0.5, 0.6) is 0 Å². The van der Waals surface area contributed by atoms with E-state index >= 15 is 0 Å². The predicted octanol–water partition coefficient (Wildman–Crippen LogP) is 1.28. The summed E-state index contributed by atoms with van der Waals surface area (Å²) in [6, 6.07) is 8.66. The fraction of sp³-hybridized carbons (Fsp3) is 0.625. The van der Waals surface area contributed by atoms with Crippen LogP contribution >= 0.6 is 0 Å². The van der Waals surface area contributed by atoms with E-state index in [1.54, 1.807) is 0 Å². The van der Waals surface area contributed by atoms with Gasteiger partial charge in [-0.15, -0.1) is 0 Å². The SMILES string of the molecule is c1ccc2c(c1)[C@@H](CN1CCNCC1)CC21OCCO1. The lowest BCUT2D eigenvalue weighted by molar-refractivity contribution is -0.166. The number of benzene rings is 1. The zero-order valence-electron chi connectivity index (χ0n) is 11.8. The summed E-state index contributed by atoms with van der Waals surface area (Å²) in [6.07, 6.45) is 0.969. The molecule has 1 N–H and O–H groups in total. The van der Waals surface area contributed by atoms with E-state index in [4.69, 9.17) is 9.47 Å². The number of rotatable bonds is 2. The second kappa shape index (κ2) is 5.11. The lowest BCUT2D eigenvalue weighted by Crippen LogP contribution is -2.44. The maximum Gasteiger partial charge on any atom is 0.195 e. The number of piperazine rings is 1. The Morgan fingerprint density at radius 3 is 2.70 bits per heavy atom. The van der Waals surface area contributed by atoms with Crippen LogP contribution < -0.4 is 5.32 Å². The van der Waals surface area contributed by atoms with Crippen LogP contribution in [0.1, 0.15) is 23.5 Å². The van der Waals surface area contributed by atoms with Gasteiger partial charge < -0.3 is 19.7 Å². The van der Waals surface area contributed by atoms with Crippen LogP contribution in [0.3, 0.4) is 0 Å². The van der Waals surface area contributed by atoms with Gasteiger partial charge in [0.2, 0.25) is 0 Å². The van der Waals surface area contributed by atoms with E-state index in [2.05, 4.69) is 34.5 Å². The fourth-order valence-corrected chi connectivity index (χ4v) is 3.84. The molecular formula is C16H22N2O2. The first kappa shape index (κ1) is 12.8. The Morgan fingerprint density at radius 1 is 1.15 bits per heavy atom. The van der Waals surface area contributed by atoms with Crippen molar-refractivity contribution in [2.45, 2.75) is 18.1 Å². The van der Waals surface area contributed by atoms with Gasteiger partial charge in [0.25, 0.3) is 0 Å². The molecule has 0 amide bonds. The van der Waals surface area contributed by atoms with Crippen LogP contribution in [0.4, 0.5) is 0 Å². The molecule has 3 aliphatic rings. The minimum atomic E-state index is -0.449.